The Bertz CT molecular complexity index is 451. The minimum atomic E-state index is -0.266. The number of piperidine rings is 1. The maximum Gasteiger partial charge on any atom is 0.222 e. The summed E-state index contributed by atoms with van der Waals surface area (Å²) >= 11 is 6.20. The third-order valence-corrected chi connectivity index (χ3v) is 3.69. The van der Waals surface area contributed by atoms with Crippen LogP contribution in [0.15, 0.2) is 18.2 Å². The smallest absolute Gasteiger partial charge is 0.222 e. The molecule has 5 heteroatoms. The highest BCUT2D eigenvalue weighted by atomic mass is 35.5. The summed E-state index contributed by atoms with van der Waals surface area (Å²) in [6, 6.07) is 5.45. The molecule has 18 heavy (non-hydrogen) atoms. The Balaban J connectivity index is 2.28. The van der Waals surface area contributed by atoms with Crippen LogP contribution in [-0.2, 0) is 11.4 Å². The Hall–Kier alpha value is -1.26. The first-order valence-electron chi connectivity index (χ1n) is 6.06. The highest BCUT2D eigenvalue weighted by Crippen LogP contribution is 2.33. The molecule has 1 atom stereocenters. The molecule has 1 unspecified atom stereocenters. The van der Waals surface area contributed by atoms with E-state index in [1.54, 1.807) is 6.07 Å². The van der Waals surface area contributed by atoms with Crippen molar-refractivity contribution in [1.82, 2.24) is 0 Å². The molecule has 3 N–H and O–H groups in total. The van der Waals surface area contributed by atoms with E-state index in [0.29, 0.717) is 11.6 Å². The van der Waals surface area contributed by atoms with Crippen molar-refractivity contribution in [1.29, 1.82) is 0 Å². The zero-order valence-corrected chi connectivity index (χ0v) is 10.9. The van der Waals surface area contributed by atoms with Crippen molar-refractivity contribution in [3.8, 4) is 0 Å². The lowest BCUT2D eigenvalue weighted by atomic mass is 9.96. The molecule has 0 aliphatic carbocycles. The number of benzene rings is 1. The number of primary amides is 1. The number of amides is 1. The van der Waals surface area contributed by atoms with Gasteiger partial charge in [0.2, 0.25) is 5.91 Å². The summed E-state index contributed by atoms with van der Waals surface area (Å²) in [7, 11) is 0. The van der Waals surface area contributed by atoms with Gasteiger partial charge in [0.15, 0.2) is 0 Å². The van der Waals surface area contributed by atoms with Crippen molar-refractivity contribution in [3.63, 3.8) is 0 Å². The first-order valence-corrected chi connectivity index (χ1v) is 6.43. The molecular weight excluding hydrogens is 252 g/mol. The van der Waals surface area contributed by atoms with Gasteiger partial charge in [0.05, 0.1) is 23.2 Å². The number of aliphatic hydroxyl groups excluding tert-OH is 1. The fourth-order valence-electron chi connectivity index (χ4n) is 2.45. The second-order valence-electron chi connectivity index (χ2n) is 4.59. The first-order chi connectivity index (χ1) is 8.63. The van der Waals surface area contributed by atoms with Crippen molar-refractivity contribution in [3.05, 3.63) is 28.8 Å². The zero-order valence-electron chi connectivity index (χ0n) is 10.1. The van der Waals surface area contributed by atoms with Crippen LogP contribution in [-0.4, -0.2) is 24.1 Å². The van der Waals surface area contributed by atoms with Crippen LogP contribution in [0.5, 0.6) is 0 Å². The molecule has 1 fully saturated rings. The minimum absolute atomic E-state index is 0.0619. The molecule has 0 radical (unpaired) electrons. The summed E-state index contributed by atoms with van der Waals surface area (Å²) in [6.45, 7) is 1.35. The first kappa shape index (κ1) is 13.2. The van der Waals surface area contributed by atoms with Crippen LogP contribution in [0.25, 0.3) is 0 Å². The summed E-state index contributed by atoms with van der Waals surface area (Å²) in [5, 5.41) is 9.98. The lowest BCUT2D eigenvalue weighted by Gasteiger charge is -2.34. The number of para-hydroxylation sites is 1. The van der Waals surface area contributed by atoms with Crippen LogP contribution in [0, 0.1) is 5.92 Å². The quantitative estimate of drug-likeness (QED) is 0.874. The van der Waals surface area contributed by atoms with E-state index < -0.39 is 0 Å². The summed E-state index contributed by atoms with van der Waals surface area (Å²) in [5.74, 6) is -0.404. The van der Waals surface area contributed by atoms with Gasteiger partial charge in [-0.05, 0) is 18.9 Å². The van der Waals surface area contributed by atoms with Gasteiger partial charge in [-0.25, -0.2) is 0 Å². The monoisotopic (exact) mass is 268 g/mol. The predicted molar refractivity (Wildman–Crippen MR) is 71.5 cm³/mol. The number of hydrogen-bond acceptors (Lipinski definition) is 3. The molecular formula is C13H17ClN2O2. The third kappa shape index (κ3) is 2.60. The number of hydrogen-bond donors (Lipinski definition) is 2. The van der Waals surface area contributed by atoms with Gasteiger partial charge in [-0.3, -0.25) is 4.79 Å². The van der Waals surface area contributed by atoms with E-state index in [4.69, 9.17) is 17.3 Å². The van der Waals surface area contributed by atoms with Crippen LogP contribution in [0.1, 0.15) is 18.4 Å². The predicted octanol–water partition coefficient (Wildman–Crippen LogP) is 1.53. The largest absolute Gasteiger partial charge is 0.392 e. The van der Waals surface area contributed by atoms with E-state index in [-0.39, 0.29) is 18.4 Å². The SMILES string of the molecule is NC(=O)C1CCCN(c2c(Cl)cccc2CO)C1. The number of carbonyl (C=O) groups excluding carboxylic acids is 1. The molecule has 0 aromatic heterocycles. The average molecular weight is 269 g/mol. The molecule has 2 rings (SSSR count). The van der Waals surface area contributed by atoms with Gasteiger partial charge in [0.25, 0.3) is 0 Å². The molecule has 1 aromatic rings. The number of halogens is 1. The van der Waals surface area contributed by atoms with Crippen molar-refractivity contribution < 1.29 is 9.90 Å². The number of rotatable bonds is 3. The highest BCUT2D eigenvalue weighted by Gasteiger charge is 2.26. The van der Waals surface area contributed by atoms with Gasteiger partial charge in [-0.15, -0.1) is 0 Å². The highest BCUT2D eigenvalue weighted by molar-refractivity contribution is 6.33. The normalized spacial score (nSPS) is 19.9. The van der Waals surface area contributed by atoms with Crippen molar-refractivity contribution in [2.75, 3.05) is 18.0 Å². The molecule has 0 saturated carbocycles. The molecule has 1 saturated heterocycles. The van der Waals surface area contributed by atoms with Crippen LogP contribution < -0.4 is 10.6 Å². The van der Waals surface area contributed by atoms with Crippen LogP contribution in [0.4, 0.5) is 5.69 Å². The van der Waals surface area contributed by atoms with E-state index in [0.717, 1.165) is 30.6 Å². The van der Waals surface area contributed by atoms with Gasteiger partial charge >= 0.3 is 0 Å². The van der Waals surface area contributed by atoms with Crippen LogP contribution in [0.3, 0.4) is 0 Å². The summed E-state index contributed by atoms with van der Waals surface area (Å²) in [4.78, 5) is 13.3. The van der Waals surface area contributed by atoms with Gasteiger partial charge < -0.3 is 15.7 Å². The fraction of sp³-hybridized carbons (Fsp3) is 0.462. The molecule has 1 aliphatic rings. The molecule has 1 heterocycles. The average Bonchev–Trinajstić information content (AvgIpc) is 2.38. The maximum atomic E-state index is 11.3. The number of anilines is 1. The van der Waals surface area contributed by atoms with Crippen molar-refractivity contribution in [2.45, 2.75) is 19.4 Å². The standard InChI is InChI=1S/C13H17ClN2O2/c14-11-5-1-3-10(8-17)12(11)16-6-2-4-9(7-16)13(15)18/h1,3,5,9,17H,2,4,6-8H2,(H2,15,18). The van der Waals surface area contributed by atoms with E-state index in [1.165, 1.54) is 0 Å². The fourth-order valence-corrected chi connectivity index (χ4v) is 2.77. The van der Waals surface area contributed by atoms with Crippen LogP contribution in [0.2, 0.25) is 5.02 Å². The van der Waals surface area contributed by atoms with E-state index in [2.05, 4.69) is 0 Å². The van der Waals surface area contributed by atoms with Gasteiger partial charge in [0, 0.05) is 18.7 Å². The van der Waals surface area contributed by atoms with Gasteiger partial charge in [0.1, 0.15) is 0 Å². The van der Waals surface area contributed by atoms with E-state index in [1.807, 2.05) is 17.0 Å². The Morgan fingerprint density at radius 1 is 1.56 bits per heavy atom. The zero-order chi connectivity index (χ0) is 13.1. The second-order valence-corrected chi connectivity index (χ2v) is 5.00. The topological polar surface area (TPSA) is 66.6 Å². The summed E-state index contributed by atoms with van der Waals surface area (Å²) in [5.41, 5.74) is 6.98. The molecule has 1 amide bonds. The maximum absolute atomic E-state index is 11.3. The Morgan fingerprint density at radius 3 is 3.00 bits per heavy atom. The summed E-state index contributed by atoms with van der Waals surface area (Å²) < 4.78 is 0. The Morgan fingerprint density at radius 2 is 2.33 bits per heavy atom. The number of nitrogens with two attached hydrogens (primary N) is 1. The van der Waals surface area contributed by atoms with E-state index in [9.17, 15) is 9.90 Å². The lowest BCUT2D eigenvalue weighted by Crippen LogP contribution is -2.41. The molecule has 0 bridgehead atoms. The van der Waals surface area contributed by atoms with E-state index >= 15 is 0 Å². The minimum Gasteiger partial charge on any atom is -0.392 e. The summed E-state index contributed by atoms with van der Waals surface area (Å²) in [6.07, 6.45) is 1.73. The Kier molecular flexibility index (Phi) is 4.09. The molecule has 98 valence electrons. The lowest BCUT2D eigenvalue weighted by molar-refractivity contribution is -0.122. The third-order valence-electron chi connectivity index (χ3n) is 3.38. The molecule has 4 nitrogen and oxygen atoms in total. The number of aliphatic hydroxyl groups is 1. The van der Waals surface area contributed by atoms with Crippen molar-refractivity contribution in [2.24, 2.45) is 11.7 Å². The van der Waals surface area contributed by atoms with Gasteiger partial charge in [-0.2, -0.15) is 0 Å². The van der Waals surface area contributed by atoms with Crippen molar-refractivity contribution >= 4 is 23.2 Å². The van der Waals surface area contributed by atoms with Gasteiger partial charge in [-0.1, -0.05) is 23.7 Å². The van der Waals surface area contributed by atoms with Crippen LogP contribution >= 0.6 is 11.6 Å². The molecule has 1 aromatic carbocycles. The second kappa shape index (κ2) is 5.59. The number of nitrogens with zero attached hydrogens (tertiary/aromatic N) is 1. The Labute approximate surface area is 111 Å². The molecule has 1 aliphatic heterocycles. The molecule has 0 spiro atoms. The number of carbonyl (C=O) groups is 1.